The van der Waals surface area contributed by atoms with Crippen molar-refractivity contribution in [1.82, 2.24) is 4.90 Å². The number of hydrogen-bond acceptors (Lipinski definition) is 4. The Morgan fingerprint density at radius 2 is 1.51 bits per heavy atom. The van der Waals surface area contributed by atoms with Gasteiger partial charge in [0.25, 0.3) is 0 Å². The summed E-state index contributed by atoms with van der Waals surface area (Å²) in [5, 5.41) is 0. The van der Waals surface area contributed by atoms with Crippen LogP contribution in [0.1, 0.15) is 58.3 Å². The lowest BCUT2D eigenvalue weighted by Gasteiger charge is -2.31. The first kappa shape index (κ1) is 26.7. The molecule has 4 heteroatoms. The van der Waals surface area contributed by atoms with Crippen LogP contribution >= 0.6 is 0 Å². The van der Waals surface area contributed by atoms with Gasteiger partial charge in [0.2, 0.25) is 0 Å². The Hall–Kier alpha value is -3.89. The van der Waals surface area contributed by atoms with Gasteiger partial charge in [-0.25, -0.2) is 0 Å². The molecule has 3 aromatic carbocycles. The van der Waals surface area contributed by atoms with E-state index in [1.807, 2.05) is 12.1 Å². The monoisotopic (exact) mass is 519 g/mol. The Balaban J connectivity index is 1.30. The first-order valence-electron chi connectivity index (χ1n) is 13.8. The van der Waals surface area contributed by atoms with Gasteiger partial charge < -0.3 is 14.4 Å². The average Bonchev–Trinajstić information content (AvgIpc) is 3.16. The van der Waals surface area contributed by atoms with Crippen LogP contribution in [0.15, 0.2) is 85.0 Å². The van der Waals surface area contributed by atoms with Crippen molar-refractivity contribution in [3.05, 3.63) is 113 Å². The molecule has 1 aliphatic heterocycles. The van der Waals surface area contributed by atoms with E-state index in [-0.39, 0.29) is 11.7 Å². The maximum Gasteiger partial charge on any atom is 0.166 e. The highest BCUT2D eigenvalue weighted by molar-refractivity contribution is 5.98. The van der Waals surface area contributed by atoms with Gasteiger partial charge in [0.05, 0.1) is 14.2 Å². The van der Waals surface area contributed by atoms with Crippen molar-refractivity contribution in [2.45, 2.75) is 25.7 Å². The molecule has 4 nitrogen and oxygen atoms in total. The Kier molecular flexibility index (Phi) is 8.43. The zero-order valence-electron chi connectivity index (χ0n) is 23.0. The number of ether oxygens (including phenoxy) is 2. The number of fused-ring (bicyclic) bond motifs is 2. The Bertz CT molecular complexity index is 1360. The van der Waals surface area contributed by atoms with E-state index in [2.05, 4.69) is 72.2 Å². The molecule has 200 valence electrons. The van der Waals surface area contributed by atoms with E-state index in [4.69, 9.17) is 9.47 Å². The molecule has 1 fully saturated rings. The highest BCUT2D eigenvalue weighted by Gasteiger charge is 2.25. The summed E-state index contributed by atoms with van der Waals surface area (Å²) in [4.78, 5) is 15.9. The molecular weight excluding hydrogens is 482 g/mol. The number of hydrogen-bond donors (Lipinski definition) is 0. The molecule has 0 radical (unpaired) electrons. The zero-order valence-corrected chi connectivity index (χ0v) is 23.0. The van der Waals surface area contributed by atoms with Crippen molar-refractivity contribution in [1.29, 1.82) is 0 Å². The van der Waals surface area contributed by atoms with Crippen LogP contribution < -0.4 is 9.47 Å². The van der Waals surface area contributed by atoms with Gasteiger partial charge in [0.1, 0.15) is 0 Å². The minimum atomic E-state index is -0.105. The van der Waals surface area contributed by atoms with E-state index in [9.17, 15) is 4.79 Å². The highest BCUT2D eigenvalue weighted by Crippen LogP contribution is 2.39. The van der Waals surface area contributed by atoms with E-state index < -0.39 is 0 Å². The number of benzene rings is 3. The molecule has 0 spiro atoms. The van der Waals surface area contributed by atoms with E-state index in [1.54, 1.807) is 26.4 Å². The third-order valence-corrected chi connectivity index (χ3v) is 8.00. The number of methoxy groups -OCH3 is 2. The summed E-state index contributed by atoms with van der Waals surface area (Å²) in [5.74, 6) is 1.23. The summed E-state index contributed by atoms with van der Waals surface area (Å²) in [5.41, 5.74) is 8.80. The summed E-state index contributed by atoms with van der Waals surface area (Å²) in [7, 11) is 3.19. The molecule has 1 unspecified atom stereocenters. The van der Waals surface area contributed by atoms with E-state index in [0.717, 1.165) is 38.9 Å². The highest BCUT2D eigenvalue weighted by atomic mass is 16.5. The van der Waals surface area contributed by atoms with Crippen molar-refractivity contribution in [3.63, 3.8) is 0 Å². The number of allylic oxidation sites excluding steroid dienone is 1. The van der Waals surface area contributed by atoms with Gasteiger partial charge in [-0.1, -0.05) is 72.3 Å². The second-order valence-electron chi connectivity index (χ2n) is 10.3. The molecule has 3 aromatic rings. The van der Waals surface area contributed by atoms with Crippen molar-refractivity contribution >= 4 is 23.5 Å². The third-order valence-electron chi connectivity index (χ3n) is 8.00. The topological polar surface area (TPSA) is 38.8 Å². The standard InChI is InChI=1S/C35H37NO3/c1-4-9-28(35(37)29-16-17-32(38-2)33(24-29)39-3)20-23-36-21-18-27(19-22-36)34-30-12-7-5-10-25(30)14-15-26-11-6-8-13-31(26)34/h4-8,10-17,24,28H,1,9,18-23H2,2-3H3. The lowest BCUT2D eigenvalue weighted by Crippen LogP contribution is -2.33. The smallest absolute Gasteiger partial charge is 0.166 e. The number of rotatable bonds is 9. The number of carbonyl (C=O) groups excluding carboxylic acids is 1. The van der Waals surface area contributed by atoms with Crippen molar-refractivity contribution in [3.8, 4) is 11.5 Å². The normalized spacial score (nSPS) is 15.6. The van der Waals surface area contributed by atoms with Gasteiger partial charge in [-0.05, 0) is 78.3 Å². The van der Waals surface area contributed by atoms with Crippen LogP contribution in [0.4, 0.5) is 0 Å². The molecule has 0 bridgehead atoms. The van der Waals surface area contributed by atoms with Crippen LogP contribution in [0.2, 0.25) is 0 Å². The van der Waals surface area contributed by atoms with Crippen LogP contribution in [-0.2, 0) is 0 Å². The Labute approximate surface area is 232 Å². The lowest BCUT2D eigenvalue weighted by atomic mass is 9.86. The first-order valence-corrected chi connectivity index (χ1v) is 13.8. The third kappa shape index (κ3) is 5.76. The maximum absolute atomic E-state index is 13.4. The van der Waals surface area contributed by atoms with Gasteiger partial charge in [-0.15, -0.1) is 6.58 Å². The van der Waals surface area contributed by atoms with Crippen molar-refractivity contribution in [2.75, 3.05) is 33.9 Å². The molecular formula is C35H37NO3. The molecule has 1 atom stereocenters. The number of nitrogens with zero attached hydrogens (tertiary/aromatic N) is 1. The molecule has 2 aliphatic rings. The molecule has 0 aromatic heterocycles. The number of carbonyl (C=O) groups is 1. The van der Waals surface area contributed by atoms with Gasteiger partial charge in [0.15, 0.2) is 17.3 Å². The Morgan fingerprint density at radius 1 is 0.897 bits per heavy atom. The largest absolute Gasteiger partial charge is 0.493 e. The SMILES string of the molecule is C=CCC(CCN1CCC(=C2c3ccccc3C=Cc3ccccc32)CC1)C(=O)c1ccc(OC)c(OC)c1. The van der Waals surface area contributed by atoms with Gasteiger partial charge in [-0.3, -0.25) is 4.79 Å². The minimum absolute atomic E-state index is 0.105. The van der Waals surface area contributed by atoms with Crippen LogP contribution in [0.3, 0.4) is 0 Å². The summed E-state index contributed by atoms with van der Waals surface area (Å²) < 4.78 is 10.8. The minimum Gasteiger partial charge on any atom is -0.493 e. The summed E-state index contributed by atoms with van der Waals surface area (Å²) in [6, 6.07) is 22.9. The molecule has 0 amide bonds. The van der Waals surface area contributed by atoms with Crippen LogP contribution in [-0.4, -0.2) is 44.5 Å². The Morgan fingerprint density at radius 3 is 2.10 bits per heavy atom. The van der Waals surface area contributed by atoms with E-state index in [0.29, 0.717) is 23.5 Å². The predicted octanol–water partition coefficient (Wildman–Crippen LogP) is 7.55. The van der Waals surface area contributed by atoms with Crippen LogP contribution in [0.25, 0.3) is 17.7 Å². The molecule has 0 saturated carbocycles. The second-order valence-corrected chi connectivity index (χ2v) is 10.3. The molecule has 1 aliphatic carbocycles. The molecule has 5 rings (SSSR count). The number of Topliss-reactive ketones (excluding diaryl/α,β-unsaturated/α-hetero) is 1. The fourth-order valence-electron chi connectivity index (χ4n) is 5.86. The summed E-state index contributed by atoms with van der Waals surface area (Å²) in [6.07, 6.45) is 9.88. The molecule has 1 heterocycles. The van der Waals surface area contributed by atoms with Crippen LogP contribution in [0, 0.1) is 5.92 Å². The summed E-state index contributed by atoms with van der Waals surface area (Å²) in [6.45, 7) is 6.82. The molecule has 39 heavy (non-hydrogen) atoms. The molecule has 0 N–H and O–H groups in total. The zero-order chi connectivity index (χ0) is 27.2. The van der Waals surface area contributed by atoms with Crippen molar-refractivity contribution < 1.29 is 14.3 Å². The number of likely N-dealkylation sites (tertiary alicyclic amines) is 1. The second kappa shape index (κ2) is 12.3. The number of ketones is 1. The first-order chi connectivity index (χ1) is 19.1. The van der Waals surface area contributed by atoms with Gasteiger partial charge >= 0.3 is 0 Å². The average molecular weight is 520 g/mol. The van der Waals surface area contributed by atoms with Gasteiger partial charge in [-0.2, -0.15) is 0 Å². The lowest BCUT2D eigenvalue weighted by molar-refractivity contribution is 0.0901. The predicted molar refractivity (Wildman–Crippen MR) is 160 cm³/mol. The summed E-state index contributed by atoms with van der Waals surface area (Å²) >= 11 is 0. The van der Waals surface area contributed by atoms with Crippen LogP contribution in [0.5, 0.6) is 11.5 Å². The quantitative estimate of drug-likeness (QED) is 0.169. The van der Waals surface area contributed by atoms with Crippen molar-refractivity contribution in [2.24, 2.45) is 5.92 Å². The van der Waals surface area contributed by atoms with Gasteiger partial charge in [0, 0.05) is 24.6 Å². The van der Waals surface area contributed by atoms with E-state index >= 15 is 0 Å². The number of piperidine rings is 1. The van der Waals surface area contributed by atoms with E-state index in [1.165, 1.54) is 33.4 Å². The fraction of sp³-hybridized carbons (Fsp3) is 0.286. The molecule has 1 saturated heterocycles. The maximum atomic E-state index is 13.4. The fourth-order valence-corrected chi connectivity index (χ4v) is 5.86.